The van der Waals surface area contributed by atoms with Crippen molar-refractivity contribution in [3.63, 3.8) is 0 Å². The van der Waals surface area contributed by atoms with Gasteiger partial charge in [-0.25, -0.2) is 0 Å². The molecule has 0 amide bonds. The van der Waals surface area contributed by atoms with Crippen molar-refractivity contribution in [2.45, 2.75) is 32.2 Å². The van der Waals surface area contributed by atoms with Gasteiger partial charge in [0.25, 0.3) is 0 Å². The first-order chi connectivity index (χ1) is 6.69. The summed E-state index contributed by atoms with van der Waals surface area (Å²) in [6, 6.07) is 8.63. The number of nitrogens with two attached hydrogens (primary N) is 1. The van der Waals surface area contributed by atoms with Gasteiger partial charge in [0.15, 0.2) is 0 Å². The van der Waals surface area contributed by atoms with Crippen molar-refractivity contribution in [3.05, 3.63) is 35.4 Å². The summed E-state index contributed by atoms with van der Waals surface area (Å²) in [5.41, 5.74) is 8.44. The van der Waals surface area contributed by atoms with Crippen molar-refractivity contribution in [2.75, 3.05) is 5.75 Å². The molecule has 2 heteroatoms. The minimum Gasteiger partial charge on any atom is -0.323 e. The molecule has 0 fully saturated rings. The van der Waals surface area contributed by atoms with Crippen molar-refractivity contribution < 1.29 is 0 Å². The average Bonchev–Trinajstić information content (AvgIpc) is 2.27. The van der Waals surface area contributed by atoms with Crippen molar-refractivity contribution in [1.29, 1.82) is 0 Å². The number of rotatable bonds is 4. The van der Waals surface area contributed by atoms with Crippen LogP contribution in [0.25, 0.3) is 0 Å². The second kappa shape index (κ2) is 5.42. The highest BCUT2D eigenvalue weighted by atomic mass is 32.1. The molecule has 0 spiro atoms. The Balaban J connectivity index is 2.78. The molecule has 0 aliphatic heterocycles. The van der Waals surface area contributed by atoms with Gasteiger partial charge in [-0.3, -0.25) is 0 Å². The molecule has 0 radical (unpaired) electrons. The zero-order chi connectivity index (χ0) is 10.6. The smallest absolute Gasteiger partial charge is 0.0384 e. The van der Waals surface area contributed by atoms with Crippen molar-refractivity contribution >= 4 is 12.6 Å². The maximum atomic E-state index is 5.88. The molecule has 0 aromatic heterocycles. The third-order valence-corrected chi connectivity index (χ3v) is 3.14. The Morgan fingerprint density at radius 3 is 2.14 bits per heavy atom. The summed E-state index contributed by atoms with van der Waals surface area (Å²) in [6.45, 7) is 4.45. The van der Waals surface area contributed by atoms with E-state index in [9.17, 15) is 0 Å². The summed E-state index contributed by atoms with van der Waals surface area (Å²) < 4.78 is 0. The van der Waals surface area contributed by atoms with Gasteiger partial charge in [0, 0.05) is 11.8 Å². The van der Waals surface area contributed by atoms with Crippen LogP contribution in [0.4, 0.5) is 0 Å². The SMILES string of the molecule is CCC(C)c1ccc(C(N)CS)cc1. The van der Waals surface area contributed by atoms with E-state index >= 15 is 0 Å². The molecule has 1 rings (SSSR count). The van der Waals surface area contributed by atoms with Crippen LogP contribution >= 0.6 is 12.6 Å². The van der Waals surface area contributed by atoms with Crippen LogP contribution in [-0.2, 0) is 0 Å². The monoisotopic (exact) mass is 209 g/mol. The summed E-state index contributed by atoms with van der Waals surface area (Å²) in [6.07, 6.45) is 1.18. The molecule has 0 saturated heterocycles. The predicted molar refractivity (Wildman–Crippen MR) is 65.9 cm³/mol. The number of hydrogen-bond acceptors (Lipinski definition) is 2. The Labute approximate surface area is 92.1 Å². The van der Waals surface area contributed by atoms with E-state index in [1.165, 1.54) is 17.5 Å². The normalized spacial score (nSPS) is 15.1. The number of hydrogen-bond donors (Lipinski definition) is 2. The Hall–Kier alpha value is -0.470. The largest absolute Gasteiger partial charge is 0.323 e. The fourth-order valence-corrected chi connectivity index (χ4v) is 1.62. The van der Waals surface area contributed by atoms with Crippen LogP contribution in [-0.4, -0.2) is 5.75 Å². The molecular formula is C12H19NS. The first-order valence-electron chi connectivity index (χ1n) is 5.15. The molecule has 1 aromatic carbocycles. The third kappa shape index (κ3) is 2.76. The summed E-state index contributed by atoms with van der Waals surface area (Å²) in [7, 11) is 0. The average molecular weight is 209 g/mol. The van der Waals surface area contributed by atoms with Gasteiger partial charge >= 0.3 is 0 Å². The molecule has 1 aromatic rings. The van der Waals surface area contributed by atoms with Crippen LogP contribution in [0, 0.1) is 0 Å². The second-order valence-corrected chi connectivity index (χ2v) is 4.13. The topological polar surface area (TPSA) is 26.0 Å². The van der Waals surface area contributed by atoms with E-state index in [1.807, 2.05) is 0 Å². The minimum absolute atomic E-state index is 0.0596. The van der Waals surface area contributed by atoms with Gasteiger partial charge in [0.05, 0.1) is 0 Å². The van der Waals surface area contributed by atoms with Gasteiger partial charge in [-0.05, 0) is 23.5 Å². The third-order valence-electron chi connectivity index (χ3n) is 2.74. The fraction of sp³-hybridized carbons (Fsp3) is 0.500. The molecule has 14 heavy (non-hydrogen) atoms. The van der Waals surface area contributed by atoms with E-state index < -0.39 is 0 Å². The van der Waals surface area contributed by atoms with E-state index in [0.717, 1.165) is 0 Å². The minimum atomic E-state index is 0.0596. The van der Waals surface area contributed by atoms with E-state index in [1.54, 1.807) is 0 Å². The van der Waals surface area contributed by atoms with Crippen LogP contribution in [0.2, 0.25) is 0 Å². The molecule has 0 bridgehead atoms. The zero-order valence-electron chi connectivity index (χ0n) is 8.90. The van der Waals surface area contributed by atoms with E-state index in [4.69, 9.17) is 5.73 Å². The molecule has 0 saturated carbocycles. The second-order valence-electron chi connectivity index (χ2n) is 3.77. The van der Waals surface area contributed by atoms with E-state index in [-0.39, 0.29) is 6.04 Å². The maximum absolute atomic E-state index is 5.88. The highest BCUT2D eigenvalue weighted by molar-refractivity contribution is 7.80. The summed E-state index contributed by atoms with van der Waals surface area (Å²) in [5, 5.41) is 0. The van der Waals surface area contributed by atoms with Crippen molar-refractivity contribution in [3.8, 4) is 0 Å². The molecule has 0 aliphatic rings. The molecular weight excluding hydrogens is 190 g/mol. The summed E-state index contributed by atoms with van der Waals surface area (Å²) >= 11 is 4.19. The lowest BCUT2D eigenvalue weighted by Gasteiger charge is -2.12. The van der Waals surface area contributed by atoms with Gasteiger partial charge in [-0.2, -0.15) is 12.6 Å². The highest BCUT2D eigenvalue weighted by Crippen LogP contribution is 2.20. The lowest BCUT2D eigenvalue weighted by Crippen LogP contribution is -2.11. The Morgan fingerprint density at radius 1 is 1.21 bits per heavy atom. The lowest BCUT2D eigenvalue weighted by atomic mass is 9.96. The van der Waals surface area contributed by atoms with Crippen LogP contribution in [0.1, 0.15) is 43.4 Å². The number of thiol groups is 1. The standard InChI is InChI=1S/C12H19NS/c1-3-9(2)10-4-6-11(7-5-10)12(13)8-14/h4-7,9,12,14H,3,8,13H2,1-2H3. The van der Waals surface area contributed by atoms with Gasteiger partial charge < -0.3 is 5.73 Å². The molecule has 0 heterocycles. The van der Waals surface area contributed by atoms with E-state index in [0.29, 0.717) is 11.7 Å². The van der Waals surface area contributed by atoms with Crippen LogP contribution < -0.4 is 5.73 Å². The molecule has 2 N–H and O–H groups in total. The van der Waals surface area contributed by atoms with E-state index in [2.05, 4.69) is 50.7 Å². The lowest BCUT2D eigenvalue weighted by molar-refractivity contribution is 0.731. The first-order valence-corrected chi connectivity index (χ1v) is 5.78. The van der Waals surface area contributed by atoms with Crippen LogP contribution in [0.15, 0.2) is 24.3 Å². The Kier molecular flexibility index (Phi) is 4.49. The fourth-order valence-electron chi connectivity index (χ4n) is 1.41. The zero-order valence-corrected chi connectivity index (χ0v) is 9.80. The molecule has 2 unspecified atom stereocenters. The Bertz CT molecular complexity index is 239. The molecule has 1 nitrogen and oxygen atoms in total. The van der Waals surface area contributed by atoms with Gasteiger partial charge in [0.1, 0.15) is 0 Å². The maximum Gasteiger partial charge on any atom is 0.0384 e. The molecule has 2 atom stereocenters. The van der Waals surface area contributed by atoms with Gasteiger partial charge in [0.2, 0.25) is 0 Å². The number of benzene rings is 1. The summed E-state index contributed by atoms with van der Waals surface area (Å²) in [5.74, 6) is 1.33. The van der Waals surface area contributed by atoms with Crippen LogP contribution in [0.3, 0.4) is 0 Å². The molecule has 0 aliphatic carbocycles. The molecule has 78 valence electrons. The highest BCUT2D eigenvalue weighted by Gasteiger charge is 2.05. The van der Waals surface area contributed by atoms with Gasteiger partial charge in [-0.15, -0.1) is 0 Å². The quantitative estimate of drug-likeness (QED) is 0.732. The first kappa shape index (κ1) is 11.6. The van der Waals surface area contributed by atoms with Crippen LogP contribution in [0.5, 0.6) is 0 Å². The van der Waals surface area contributed by atoms with Gasteiger partial charge in [-0.1, -0.05) is 38.1 Å². The van der Waals surface area contributed by atoms with Crippen molar-refractivity contribution in [2.24, 2.45) is 5.73 Å². The van der Waals surface area contributed by atoms with Crippen molar-refractivity contribution in [1.82, 2.24) is 0 Å². The Morgan fingerprint density at radius 2 is 1.71 bits per heavy atom. The predicted octanol–water partition coefficient (Wildman–Crippen LogP) is 3.13. The summed E-state index contributed by atoms with van der Waals surface area (Å²) in [4.78, 5) is 0.